The van der Waals surface area contributed by atoms with Crippen molar-refractivity contribution in [1.82, 2.24) is 0 Å². The largest absolute Gasteiger partial charge is 0.372 e. The summed E-state index contributed by atoms with van der Waals surface area (Å²) in [6, 6.07) is 5.23. The summed E-state index contributed by atoms with van der Waals surface area (Å²) in [7, 11) is -6.67. The third-order valence-corrected chi connectivity index (χ3v) is 5.35. The van der Waals surface area contributed by atoms with Crippen LogP contribution in [-0.4, -0.2) is 41.6 Å². The van der Waals surface area contributed by atoms with Gasteiger partial charge in [-0.25, -0.2) is 16.8 Å². The van der Waals surface area contributed by atoms with Crippen LogP contribution in [0.5, 0.6) is 0 Å². The number of epoxide rings is 1. The molecule has 7 heteroatoms. The first-order valence-corrected chi connectivity index (χ1v) is 8.48. The van der Waals surface area contributed by atoms with Crippen molar-refractivity contribution in [2.45, 2.75) is 15.9 Å². The van der Waals surface area contributed by atoms with E-state index >= 15 is 0 Å². The molecule has 1 fully saturated rings. The second kappa shape index (κ2) is 4.08. The predicted octanol–water partition coefficient (Wildman–Crippen LogP) is 0.263. The van der Waals surface area contributed by atoms with Crippen LogP contribution in [0.25, 0.3) is 0 Å². The zero-order chi connectivity index (χ0) is 12.7. The molecular formula is C10H12O5S2. The molecule has 0 bridgehead atoms. The van der Waals surface area contributed by atoms with Gasteiger partial charge in [-0.2, -0.15) is 0 Å². The fraction of sp³-hybridized carbons (Fsp3) is 0.400. The van der Waals surface area contributed by atoms with Crippen LogP contribution in [0.1, 0.15) is 0 Å². The van der Waals surface area contributed by atoms with Crippen LogP contribution in [0.3, 0.4) is 0 Å². The fourth-order valence-electron chi connectivity index (χ4n) is 1.40. The SMILES string of the molecule is CS(=O)(=O)c1ccc(S(=O)(=O)CC2CO2)cc1. The Morgan fingerprint density at radius 1 is 1.12 bits per heavy atom. The molecule has 1 saturated heterocycles. The third kappa shape index (κ3) is 3.05. The maximum atomic E-state index is 11.8. The summed E-state index contributed by atoms with van der Waals surface area (Å²) in [6.45, 7) is 0.473. The molecule has 0 radical (unpaired) electrons. The van der Waals surface area contributed by atoms with Crippen LogP contribution in [0, 0.1) is 0 Å². The van der Waals surface area contributed by atoms with Crippen LogP contribution in [0.2, 0.25) is 0 Å². The van der Waals surface area contributed by atoms with E-state index in [1.165, 1.54) is 24.3 Å². The molecule has 0 aromatic heterocycles. The molecule has 0 N–H and O–H groups in total. The van der Waals surface area contributed by atoms with Gasteiger partial charge >= 0.3 is 0 Å². The summed E-state index contributed by atoms with van der Waals surface area (Å²) in [5, 5.41) is 0. The van der Waals surface area contributed by atoms with Gasteiger partial charge in [0.2, 0.25) is 0 Å². The van der Waals surface area contributed by atoms with E-state index in [0.717, 1.165) is 6.26 Å². The number of hydrogen-bond acceptors (Lipinski definition) is 5. The lowest BCUT2D eigenvalue weighted by molar-refractivity contribution is 0.422. The van der Waals surface area contributed by atoms with E-state index < -0.39 is 19.7 Å². The molecule has 1 aliphatic rings. The molecule has 1 aromatic rings. The van der Waals surface area contributed by atoms with Gasteiger partial charge in [-0.05, 0) is 24.3 Å². The van der Waals surface area contributed by atoms with Crippen LogP contribution in [0.4, 0.5) is 0 Å². The normalized spacial score (nSPS) is 20.2. The van der Waals surface area contributed by atoms with Crippen molar-refractivity contribution >= 4 is 19.7 Å². The summed E-state index contributed by atoms with van der Waals surface area (Å²) >= 11 is 0. The van der Waals surface area contributed by atoms with Crippen LogP contribution in [-0.2, 0) is 24.4 Å². The average Bonchev–Trinajstić information content (AvgIpc) is 3.00. The molecule has 0 spiro atoms. The molecule has 2 rings (SSSR count). The quantitative estimate of drug-likeness (QED) is 0.737. The van der Waals surface area contributed by atoms with Gasteiger partial charge in [0.25, 0.3) is 0 Å². The highest BCUT2D eigenvalue weighted by Gasteiger charge is 2.30. The molecule has 0 saturated carbocycles. The first-order chi connectivity index (χ1) is 7.79. The standard InChI is InChI=1S/C10H12O5S2/c1-16(11,12)9-2-4-10(5-3-9)17(13,14)7-8-6-15-8/h2-5,8H,6-7H2,1H3. The minimum atomic E-state index is -3.38. The lowest BCUT2D eigenvalue weighted by atomic mass is 10.4. The molecule has 1 aromatic carbocycles. The molecule has 0 amide bonds. The second-order valence-corrected chi connectivity index (χ2v) is 8.03. The van der Waals surface area contributed by atoms with Gasteiger partial charge in [0.05, 0.1) is 28.3 Å². The van der Waals surface area contributed by atoms with Crippen molar-refractivity contribution in [3.8, 4) is 0 Å². The molecule has 1 atom stereocenters. The Labute approximate surface area is 100 Å². The highest BCUT2D eigenvalue weighted by atomic mass is 32.2. The highest BCUT2D eigenvalue weighted by Crippen LogP contribution is 2.20. The van der Waals surface area contributed by atoms with Crippen molar-refractivity contribution in [2.75, 3.05) is 18.6 Å². The topological polar surface area (TPSA) is 80.8 Å². The molecule has 5 nitrogen and oxygen atoms in total. The molecule has 1 heterocycles. The van der Waals surface area contributed by atoms with Gasteiger partial charge in [-0.15, -0.1) is 0 Å². The maximum absolute atomic E-state index is 11.8. The lowest BCUT2D eigenvalue weighted by Crippen LogP contribution is -2.11. The molecular weight excluding hydrogens is 264 g/mol. The van der Waals surface area contributed by atoms with E-state index in [1.807, 2.05) is 0 Å². The maximum Gasteiger partial charge on any atom is 0.181 e. The van der Waals surface area contributed by atoms with Crippen LogP contribution < -0.4 is 0 Å². The highest BCUT2D eigenvalue weighted by molar-refractivity contribution is 7.91. The molecule has 17 heavy (non-hydrogen) atoms. The number of ether oxygens (including phenoxy) is 1. The monoisotopic (exact) mass is 276 g/mol. The molecule has 0 aliphatic carbocycles. The first kappa shape index (κ1) is 12.5. The smallest absolute Gasteiger partial charge is 0.181 e. The third-order valence-electron chi connectivity index (χ3n) is 2.42. The Hall–Kier alpha value is -0.920. The van der Waals surface area contributed by atoms with Crippen LogP contribution >= 0.6 is 0 Å². The van der Waals surface area contributed by atoms with E-state index in [2.05, 4.69) is 0 Å². The van der Waals surface area contributed by atoms with E-state index in [1.54, 1.807) is 0 Å². The molecule has 1 unspecified atom stereocenters. The number of sulfone groups is 2. The van der Waals surface area contributed by atoms with E-state index in [-0.39, 0.29) is 21.6 Å². The zero-order valence-corrected chi connectivity index (χ0v) is 10.8. The minimum absolute atomic E-state index is 0.0504. The van der Waals surface area contributed by atoms with E-state index in [4.69, 9.17) is 4.74 Å². The first-order valence-electron chi connectivity index (χ1n) is 4.93. The summed E-state index contributed by atoms with van der Waals surface area (Å²) in [6.07, 6.45) is 0.865. The summed E-state index contributed by atoms with van der Waals surface area (Å²) in [5.74, 6) is -0.0504. The predicted molar refractivity (Wildman–Crippen MR) is 61.3 cm³/mol. The summed E-state index contributed by atoms with van der Waals surface area (Å²) < 4.78 is 50.9. The van der Waals surface area contributed by atoms with Crippen molar-refractivity contribution in [1.29, 1.82) is 0 Å². The Balaban J connectivity index is 2.28. The Kier molecular flexibility index (Phi) is 3.01. The van der Waals surface area contributed by atoms with Gasteiger partial charge in [-0.3, -0.25) is 0 Å². The zero-order valence-electron chi connectivity index (χ0n) is 9.16. The minimum Gasteiger partial charge on any atom is -0.372 e. The van der Waals surface area contributed by atoms with E-state index in [0.29, 0.717) is 6.61 Å². The number of benzene rings is 1. The second-order valence-electron chi connectivity index (χ2n) is 3.98. The Morgan fingerprint density at radius 3 is 2.00 bits per heavy atom. The van der Waals surface area contributed by atoms with Crippen LogP contribution in [0.15, 0.2) is 34.1 Å². The van der Waals surface area contributed by atoms with Gasteiger partial charge in [-0.1, -0.05) is 0 Å². The van der Waals surface area contributed by atoms with Crippen molar-refractivity contribution in [3.05, 3.63) is 24.3 Å². The Morgan fingerprint density at radius 2 is 1.59 bits per heavy atom. The van der Waals surface area contributed by atoms with Crippen molar-refractivity contribution in [3.63, 3.8) is 0 Å². The Bertz CT molecular complexity index is 609. The van der Waals surface area contributed by atoms with Crippen molar-refractivity contribution < 1.29 is 21.6 Å². The van der Waals surface area contributed by atoms with Gasteiger partial charge < -0.3 is 4.74 Å². The average molecular weight is 276 g/mol. The fourth-order valence-corrected chi connectivity index (χ4v) is 3.45. The van der Waals surface area contributed by atoms with Gasteiger partial charge in [0.15, 0.2) is 19.7 Å². The number of rotatable bonds is 4. The molecule has 94 valence electrons. The van der Waals surface area contributed by atoms with Crippen molar-refractivity contribution in [2.24, 2.45) is 0 Å². The molecule has 1 aliphatic heterocycles. The number of hydrogen-bond donors (Lipinski definition) is 0. The van der Waals surface area contributed by atoms with E-state index in [9.17, 15) is 16.8 Å². The van der Waals surface area contributed by atoms with Gasteiger partial charge in [0, 0.05) is 6.26 Å². The summed E-state index contributed by atoms with van der Waals surface area (Å²) in [4.78, 5) is 0.236. The lowest BCUT2D eigenvalue weighted by Gasteiger charge is -2.03. The summed E-state index contributed by atoms with van der Waals surface area (Å²) in [5.41, 5.74) is 0. The van der Waals surface area contributed by atoms with Gasteiger partial charge in [0.1, 0.15) is 0 Å².